The average Bonchev–Trinajstić information content (AvgIpc) is 3.03. The SMILES string of the molecule is Cc1cc2c(N)c(C(=O)Nc3ccc(C(F)(F)F)cn3)sc2nc1-c1ccccc1. The number of nitrogen functional groups attached to an aromatic ring is 1. The van der Waals surface area contributed by atoms with Gasteiger partial charge in [0, 0.05) is 17.1 Å². The van der Waals surface area contributed by atoms with Gasteiger partial charge in [-0.05, 0) is 30.7 Å². The number of fused-ring (bicyclic) bond motifs is 1. The number of amides is 1. The zero-order valence-electron chi connectivity index (χ0n) is 15.6. The van der Waals surface area contributed by atoms with Crippen LogP contribution in [-0.4, -0.2) is 15.9 Å². The number of benzene rings is 1. The smallest absolute Gasteiger partial charge is 0.397 e. The lowest BCUT2D eigenvalue weighted by molar-refractivity contribution is -0.137. The minimum Gasteiger partial charge on any atom is -0.397 e. The number of nitrogens with two attached hydrogens (primary N) is 1. The molecule has 9 heteroatoms. The molecule has 0 bridgehead atoms. The van der Waals surface area contributed by atoms with Crippen LogP contribution in [0.4, 0.5) is 24.7 Å². The second-order valence-corrected chi connectivity index (χ2v) is 7.60. The number of anilines is 2. The van der Waals surface area contributed by atoms with Crippen molar-refractivity contribution in [2.75, 3.05) is 11.1 Å². The minimum absolute atomic E-state index is 0.000953. The first-order valence-corrected chi connectivity index (χ1v) is 9.65. The normalized spacial score (nSPS) is 11.6. The summed E-state index contributed by atoms with van der Waals surface area (Å²) in [6.45, 7) is 1.91. The van der Waals surface area contributed by atoms with Gasteiger partial charge in [0.2, 0.25) is 0 Å². The van der Waals surface area contributed by atoms with Crippen molar-refractivity contribution in [3.05, 3.63) is 70.7 Å². The molecule has 1 aromatic carbocycles. The van der Waals surface area contributed by atoms with Crippen molar-refractivity contribution in [2.24, 2.45) is 0 Å². The predicted octanol–water partition coefficient (Wildman–Crippen LogP) is 5.52. The summed E-state index contributed by atoms with van der Waals surface area (Å²) in [5, 5.41) is 3.14. The number of nitrogens with one attached hydrogen (secondary N) is 1. The molecular formula is C21H15F3N4OS. The molecule has 0 saturated carbocycles. The first kappa shape index (κ1) is 19.8. The molecule has 0 aliphatic heterocycles. The van der Waals surface area contributed by atoms with Gasteiger partial charge in [-0.25, -0.2) is 9.97 Å². The Labute approximate surface area is 173 Å². The maximum Gasteiger partial charge on any atom is 0.417 e. The summed E-state index contributed by atoms with van der Waals surface area (Å²) in [6.07, 6.45) is -3.83. The summed E-state index contributed by atoms with van der Waals surface area (Å²) in [5.41, 5.74) is 8.20. The fourth-order valence-corrected chi connectivity index (χ4v) is 3.98. The first-order chi connectivity index (χ1) is 14.2. The van der Waals surface area contributed by atoms with E-state index in [-0.39, 0.29) is 16.4 Å². The highest BCUT2D eigenvalue weighted by atomic mass is 32.1. The summed E-state index contributed by atoms with van der Waals surface area (Å²) in [4.78, 5) is 21.8. The molecule has 0 atom stereocenters. The van der Waals surface area contributed by atoms with Gasteiger partial charge in [0.25, 0.3) is 5.91 Å². The molecule has 4 aromatic rings. The number of hydrogen-bond acceptors (Lipinski definition) is 5. The largest absolute Gasteiger partial charge is 0.417 e. The standard InChI is InChI=1S/C21H15F3N4OS/c1-11-9-14-16(25)18(30-20(14)28-17(11)12-5-3-2-4-6-12)19(29)27-15-8-7-13(10-26-15)21(22,23)24/h2-10H,25H2,1H3,(H,26,27,29). The molecule has 0 aliphatic rings. The van der Waals surface area contributed by atoms with Crippen LogP contribution in [0.25, 0.3) is 21.5 Å². The van der Waals surface area contributed by atoms with Crippen LogP contribution in [-0.2, 0) is 6.18 Å². The van der Waals surface area contributed by atoms with Crippen molar-refractivity contribution < 1.29 is 18.0 Å². The molecule has 5 nitrogen and oxygen atoms in total. The molecule has 0 saturated heterocycles. The molecule has 3 heterocycles. The lowest BCUT2D eigenvalue weighted by Gasteiger charge is -2.07. The fraction of sp³-hybridized carbons (Fsp3) is 0.0952. The number of aromatic nitrogens is 2. The topological polar surface area (TPSA) is 80.9 Å². The van der Waals surface area contributed by atoms with Gasteiger partial charge < -0.3 is 11.1 Å². The zero-order valence-corrected chi connectivity index (χ0v) is 16.4. The fourth-order valence-electron chi connectivity index (χ4n) is 3.01. The van der Waals surface area contributed by atoms with Crippen molar-refractivity contribution in [3.8, 4) is 11.3 Å². The number of halogens is 3. The molecular weight excluding hydrogens is 413 g/mol. The van der Waals surface area contributed by atoms with E-state index in [2.05, 4.69) is 15.3 Å². The Morgan fingerprint density at radius 2 is 1.87 bits per heavy atom. The molecule has 0 aliphatic carbocycles. The Bertz CT molecular complexity index is 1240. The van der Waals surface area contributed by atoms with Crippen molar-refractivity contribution >= 4 is 39.0 Å². The van der Waals surface area contributed by atoms with Gasteiger partial charge in [0.1, 0.15) is 15.5 Å². The number of carbonyl (C=O) groups excluding carboxylic acids is 1. The van der Waals surface area contributed by atoms with Crippen LogP contribution in [0, 0.1) is 6.92 Å². The molecule has 1 amide bonds. The molecule has 152 valence electrons. The van der Waals surface area contributed by atoms with Crippen molar-refractivity contribution in [1.82, 2.24) is 9.97 Å². The van der Waals surface area contributed by atoms with E-state index in [0.717, 1.165) is 40.3 Å². The Morgan fingerprint density at radius 1 is 1.13 bits per heavy atom. The van der Waals surface area contributed by atoms with E-state index in [1.807, 2.05) is 43.3 Å². The summed E-state index contributed by atoms with van der Waals surface area (Å²) in [7, 11) is 0. The predicted molar refractivity (Wildman–Crippen MR) is 111 cm³/mol. The van der Waals surface area contributed by atoms with Gasteiger partial charge in [-0.1, -0.05) is 30.3 Å². The van der Waals surface area contributed by atoms with E-state index in [1.165, 1.54) is 0 Å². The molecule has 0 unspecified atom stereocenters. The van der Waals surface area contributed by atoms with Gasteiger partial charge in [0.05, 0.1) is 16.9 Å². The van der Waals surface area contributed by atoms with Crippen LogP contribution in [0.3, 0.4) is 0 Å². The van der Waals surface area contributed by atoms with E-state index in [4.69, 9.17) is 5.73 Å². The van der Waals surface area contributed by atoms with Gasteiger partial charge in [-0.2, -0.15) is 13.2 Å². The molecule has 0 spiro atoms. The number of nitrogens with zero attached hydrogens (tertiary/aromatic N) is 2. The zero-order chi connectivity index (χ0) is 21.5. The first-order valence-electron chi connectivity index (χ1n) is 8.83. The molecule has 0 fully saturated rings. The van der Waals surface area contributed by atoms with Gasteiger partial charge in [0.15, 0.2) is 0 Å². The maximum atomic E-state index is 12.7. The number of aryl methyl sites for hydroxylation is 1. The van der Waals surface area contributed by atoms with E-state index < -0.39 is 17.6 Å². The van der Waals surface area contributed by atoms with Crippen LogP contribution in [0.5, 0.6) is 0 Å². The monoisotopic (exact) mass is 428 g/mol. The minimum atomic E-state index is -4.49. The van der Waals surface area contributed by atoms with E-state index in [9.17, 15) is 18.0 Å². The van der Waals surface area contributed by atoms with Crippen LogP contribution in [0.15, 0.2) is 54.7 Å². The van der Waals surface area contributed by atoms with Crippen LogP contribution in [0.2, 0.25) is 0 Å². The Balaban J connectivity index is 1.65. The summed E-state index contributed by atoms with van der Waals surface area (Å²) in [5.74, 6) is -0.555. The number of carbonyl (C=O) groups is 1. The van der Waals surface area contributed by atoms with Crippen LogP contribution in [0.1, 0.15) is 20.8 Å². The van der Waals surface area contributed by atoms with Gasteiger partial charge in [-0.3, -0.25) is 4.79 Å². The Morgan fingerprint density at radius 3 is 2.50 bits per heavy atom. The lowest BCUT2D eigenvalue weighted by atomic mass is 10.1. The third kappa shape index (κ3) is 3.71. The van der Waals surface area contributed by atoms with Gasteiger partial charge >= 0.3 is 6.18 Å². The maximum absolute atomic E-state index is 12.7. The Kier molecular flexibility index (Phi) is 4.90. The number of rotatable bonds is 3. The molecule has 4 rings (SSSR count). The highest BCUT2D eigenvalue weighted by Crippen LogP contribution is 2.36. The molecule has 3 N–H and O–H groups in total. The van der Waals surface area contributed by atoms with E-state index >= 15 is 0 Å². The number of thiophene rings is 1. The third-order valence-electron chi connectivity index (χ3n) is 4.50. The summed E-state index contributed by atoms with van der Waals surface area (Å²) in [6, 6.07) is 13.5. The lowest BCUT2D eigenvalue weighted by Crippen LogP contribution is -2.13. The Hall–Kier alpha value is -3.46. The molecule has 3 aromatic heterocycles. The number of pyridine rings is 2. The highest BCUT2D eigenvalue weighted by molar-refractivity contribution is 7.21. The molecule has 0 radical (unpaired) electrons. The number of alkyl halides is 3. The second-order valence-electron chi connectivity index (χ2n) is 6.60. The van der Waals surface area contributed by atoms with Crippen molar-refractivity contribution in [2.45, 2.75) is 13.1 Å². The average molecular weight is 428 g/mol. The van der Waals surface area contributed by atoms with Crippen LogP contribution >= 0.6 is 11.3 Å². The summed E-state index contributed by atoms with van der Waals surface area (Å²) < 4.78 is 38.0. The highest BCUT2D eigenvalue weighted by Gasteiger charge is 2.30. The van der Waals surface area contributed by atoms with E-state index in [0.29, 0.717) is 16.4 Å². The quantitative estimate of drug-likeness (QED) is 0.450. The van der Waals surface area contributed by atoms with Crippen molar-refractivity contribution in [3.63, 3.8) is 0 Å². The second kappa shape index (κ2) is 7.42. The number of hydrogen-bond donors (Lipinski definition) is 2. The third-order valence-corrected chi connectivity index (χ3v) is 5.61. The van der Waals surface area contributed by atoms with Crippen molar-refractivity contribution in [1.29, 1.82) is 0 Å². The van der Waals surface area contributed by atoms with Crippen LogP contribution < -0.4 is 11.1 Å². The molecule has 30 heavy (non-hydrogen) atoms. The van der Waals surface area contributed by atoms with Gasteiger partial charge in [-0.15, -0.1) is 11.3 Å². The summed E-state index contributed by atoms with van der Waals surface area (Å²) >= 11 is 1.12. The van der Waals surface area contributed by atoms with E-state index in [1.54, 1.807) is 0 Å².